The molecule has 1 N–H and O–H groups in total. The second-order valence-corrected chi connectivity index (χ2v) is 5.38. The van der Waals surface area contributed by atoms with E-state index < -0.39 is 6.29 Å². The van der Waals surface area contributed by atoms with Gasteiger partial charge in [-0.3, -0.25) is 9.59 Å². The number of carbonyl (C=O) groups is 2. The fourth-order valence-electron chi connectivity index (χ4n) is 2.37. The van der Waals surface area contributed by atoms with Crippen LogP contribution in [0.2, 0.25) is 0 Å². The molecule has 1 aromatic carbocycles. The molecule has 2 rings (SSSR count). The Bertz CT molecular complexity index is 585. The maximum atomic E-state index is 12.0. The lowest BCUT2D eigenvalue weighted by molar-refractivity contribution is -0.133. The number of hydrazone groups is 1. The number of nitrogens with one attached hydrogen (secondary N) is 1. The van der Waals surface area contributed by atoms with Gasteiger partial charge in [0.15, 0.2) is 6.29 Å². The number of ether oxygens (including phenoxy) is 2. The quantitative estimate of drug-likeness (QED) is 0.724. The minimum absolute atomic E-state index is 0.0610. The van der Waals surface area contributed by atoms with Crippen LogP contribution < -0.4 is 5.32 Å². The Morgan fingerprint density at radius 1 is 1.25 bits per heavy atom. The Morgan fingerprint density at radius 3 is 2.62 bits per heavy atom. The molecular weight excluding hydrogens is 310 g/mol. The van der Waals surface area contributed by atoms with Gasteiger partial charge in [-0.25, -0.2) is 5.01 Å². The molecule has 0 aliphatic carbocycles. The minimum Gasteiger partial charge on any atom is -0.354 e. The fraction of sp³-hybridized carbons (Fsp3) is 0.471. The maximum Gasteiger partial charge on any atom is 0.243 e. The smallest absolute Gasteiger partial charge is 0.243 e. The lowest BCUT2D eigenvalue weighted by Gasteiger charge is -2.23. The van der Waals surface area contributed by atoms with Gasteiger partial charge < -0.3 is 14.8 Å². The van der Waals surface area contributed by atoms with Crippen LogP contribution >= 0.6 is 0 Å². The third-order valence-electron chi connectivity index (χ3n) is 3.75. The Hall–Kier alpha value is -2.25. The van der Waals surface area contributed by atoms with Gasteiger partial charge in [-0.05, 0) is 5.56 Å². The summed E-state index contributed by atoms with van der Waals surface area (Å²) in [5.41, 5.74) is 1.87. The highest BCUT2D eigenvalue weighted by atomic mass is 16.7. The highest BCUT2D eigenvalue weighted by molar-refractivity contribution is 6.04. The Balaban J connectivity index is 1.88. The fourth-order valence-corrected chi connectivity index (χ4v) is 2.37. The number of amides is 2. The van der Waals surface area contributed by atoms with E-state index in [1.54, 1.807) is 0 Å². The summed E-state index contributed by atoms with van der Waals surface area (Å²) in [6.45, 7) is 0.518. The van der Waals surface area contributed by atoms with Crippen molar-refractivity contribution >= 4 is 17.5 Å². The van der Waals surface area contributed by atoms with Gasteiger partial charge >= 0.3 is 0 Å². The molecule has 0 fully saturated rings. The summed E-state index contributed by atoms with van der Waals surface area (Å²) < 4.78 is 10.0. The highest BCUT2D eigenvalue weighted by Crippen LogP contribution is 2.15. The van der Waals surface area contributed by atoms with Gasteiger partial charge in [-0.1, -0.05) is 30.3 Å². The molecule has 130 valence electrons. The summed E-state index contributed by atoms with van der Waals surface area (Å²) in [5, 5.41) is 8.49. The number of hydrogen-bond donors (Lipinski definition) is 1. The predicted molar refractivity (Wildman–Crippen MR) is 89.4 cm³/mol. The summed E-state index contributed by atoms with van der Waals surface area (Å²) in [6.07, 6.45) is 0.727. The number of methoxy groups -OCH3 is 2. The third kappa shape index (κ3) is 5.14. The van der Waals surface area contributed by atoms with Crippen LogP contribution in [-0.4, -0.2) is 56.1 Å². The third-order valence-corrected chi connectivity index (χ3v) is 3.75. The Labute approximate surface area is 141 Å². The summed E-state index contributed by atoms with van der Waals surface area (Å²) in [4.78, 5) is 23.9. The van der Waals surface area contributed by atoms with Crippen LogP contribution in [0.1, 0.15) is 24.8 Å². The van der Waals surface area contributed by atoms with Crippen molar-refractivity contribution < 1.29 is 19.1 Å². The first-order valence-electron chi connectivity index (χ1n) is 7.89. The molecule has 0 bridgehead atoms. The van der Waals surface area contributed by atoms with Crippen LogP contribution in [0.4, 0.5) is 0 Å². The molecule has 7 heteroatoms. The standard InChI is InChI=1S/C17H23N3O4/c1-23-17(24-2)12-18-15(21)10-11-20-16(22)9-8-14(19-20)13-6-4-3-5-7-13/h3-7,17H,8-12H2,1-2H3,(H,18,21). The maximum absolute atomic E-state index is 12.0. The Kier molecular flexibility index (Phi) is 6.89. The second kappa shape index (κ2) is 9.14. The van der Waals surface area contributed by atoms with Crippen LogP contribution in [-0.2, 0) is 19.1 Å². The van der Waals surface area contributed by atoms with E-state index in [1.165, 1.54) is 19.2 Å². The Morgan fingerprint density at radius 2 is 1.96 bits per heavy atom. The van der Waals surface area contributed by atoms with Crippen molar-refractivity contribution in [1.29, 1.82) is 0 Å². The van der Waals surface area contributed by atoms with Crippen LogP contribution in [0.15, 0.2) is 35.4 Å². The number of nitrogens with zero attached hydrogens (tertiary/aromatic N) is 2. The molecule has 0 saturated carbocycles. The molecule has 1 aliphatic rings. The minimum atomic E-state index is -0.478. The topological polar surface area (TPSA) is 80.2 Å². The van der Waals surface area contributed by atoms with Gasteiger partial charge in [-0.2, -0.15) is 5.10 Å². The molecular formula is C17H23N3O4. The first-order valence-corrected chi connectivity index (χ1v) is 7.89. The second-order valence-electron chi connectivity index (χ2n) is 5.38. The molecule has 1 aliphatic heterocycles. The zero-order valence-electron chi connectivity index (χ0n) is 14.0. The van der Waals surface area contributed by atoms with E-state index in [9.17, 15) is 9.59 Å². The van der Waals surface area contributed by atoms with Gasteiger partial charge in [0.05, 0.1) is 18.8 Å². The molecule has 0 atom stereocenters. The van der Waals surface area contributed by atoms with Crippen molar-refractivity contribution in [1.82, 2.24) is 10.3 Å². The summed E-state index contributed by atoms with van der Waals surface area (Å²) >= 11 is 0. The average molecular weight is 333 g/mol. The van der Waals surface area contributed by atoms with Crippen molar-refractivity contribution in [3.05, 3.63) is 35.9 Å². The van der Waals surface area contributed by atoms with Crippen LogP contribution in [0.3, 0.4) is 0 Å². The largest absolute Gasteiger partial charge is 0.354 e. The lowest BCUT2D eigenvalue weighted by Crippen LogP contribution is -2.38. The summed E-state index contributed by atoms with van der Waals surface area (Å²) in [5.74, 6) is -0.238. The van der Waals surface area contributed by atoms with Gasteiger partial charge in [0.2, 0.25) is 11.8 Å². The first kappa shape index (κ1) is 18.1. The van der Waals surface area contributed by atoms with Crippen molar-refractivity contribution in [3.8, 4) is 0 Å². The monoisotopic (exact) mass is 333 g/mol. The van der Waals surface area contributed by atoms with Crippen LogP contribution in [0.25, 0.3) is 0 Å². The van der Waals surface area contributed by atoms with E-state index in [2.05, 4.69) is 10.4 Å². The molecule has 1 heterocycles. The molecule has 0 spiro atoms. The van der Waals surface area contributed by atoms with Gasteiger partial charge in [0, 0.05) is 33.5 Å². The van der Waals surface area contributed by atoms with Crippen LogP contribution in [0, 0.1) is 0 Å². The zero-order chi connectivity index (χ0) is 17.4. The number of hydrogen-bond acceptors (Lipinski definition) is 5. The number of rotatable bonds is 8. The van der Waals surface area contributed by atoms with Crippen molar-refractivity contribution in [2.75, 3.05) is 27.3 Å². The van der Waals surface area contributed by atoms with E-state index in [-0.39, 0.29) is 31.3 Å². The number of carbonyl (C=O) groups excluding carboxylic acids is 2. The summed E-state index contributed by atoms with van der Waals surface area (Å²) in [6, 6.07) is 9.75. The summed E-state index contributed by atoms with van der Waals surface area (Å²) in [7, 11) is 3.01. The highest BCUT2D eigenvalue weighted by Gasteiger charge is 2.21. The van der Waals surface area contributed by atoms with E-state index in [1.807, 2.05) is 30.3 Å². The van der Waals surface area contributed by atoms with Gasteiger partial charge in [0.25, 0.3) is 0 Å². The molecule has 0 radical (unpaired) electrons. The molecule has 1 aromatic rings. The lowest BCUT2D eigenvalue weighted by atomic mass is 10.0. The average Bonchev–Trinajstić information content (AvgIpc) is 2.62. The van der Waals surface area contributed by atoms with Crippen LogP contribution in [0.5, 0.6) is 0 Å². The van der Waals surface area contributed by atoms with E-state index in [0.717, 1.165) is 11.3 Å². The molecule has 2 amide bonds. The van der Waals surface area contributed by atoms with E-state index in [4.69, 9.17) is 9.47 Å². The van der Waals surface area contributed by atoms with Crippen molar-refractivity contribution in [2.45, 2.75) is 25.6 Å². The van der Waals surface area contributed by atoms with Crippen molar-refractivity contribution in [2.24, 2.45) is 5.10 Å². The van der Waals surface area contributed by atoms with E-state index >= 15 is 0 Å². The molecule has 0 unspecified atom stereocenters. The van der Waals surface area contributed by atoms with Gasteiger partial charge in [0.1, 0.15) is 0 Å². The molecule has 24 heavy (non-hydrogen) atoms. The number of benzene rings is 1. The van der Waals surface area contributed by atoms with Crippen molar-refractivity contribution in [3.63, 3.8) is 0 Å². The zero-order valence-corrected chi connectivity index (χ0v) is 14.0. The molecule has 0 aromatic heterocycles. The first-order chi connectivity index (χ1) is 11.6. The van der Waals surface area contributed by atoms with Gasteiger partial charge in [-0.15, -0.1) is 0 Å². The van der Waals surface area contributed by atoms with E-state index in [0.29, 0.717) is 12.8 Å². The SMILES string of the molecule is COC(CNC(=O)CCN1N=C(c2ccccc2)CCC1=O)OC. The predicted octanol–water partition coefficient (Wildman–Crippen LogP) is 1.14. The normalized spacial score (nSPS) is 14.7. The molecule has 0 saturated heterocycles. The molecule has 7 nitrogen and oxygen atoms in total.